The molecule has 0 saturated carbocycles. The average molecular weight is 233 g/mol. The quantitative estimate of drug-likeness (QED) is 0.448. The van der Waals surface area contributed by atoms with Gasteiger partial charge in [-0.3, -0.25) is 0 Å². The smallest absolute Gasteiger partial charge is 0.312 e. The normalized spacial score (nSPS) is 17.5. The molecule has 1 aromatic rings. The van der Waals surface area contributed by atoms with Crippen LogP contribution in [0.3, 0.4) is 0 Å². The lowest BCUT2D eigenvalue weighted by Gasteiger charge is -1.98. The van der Waals surface area contributed by atoms with Gasteiger partial charge in [-0.15, -0.1) is 11.8 Å². The first-order chi connectivity index (χ1) is 7.70. The topological polar surface area (TPSA) is 38.7 Å². The van der Waals surface area contributed by atoms with E-state index in [9.17, 15) is 4.79 Å². The third-order valence-electron chi connectivity index (χ3n) is 2.30. The summed E-state index contributed by atoms with van der Waals surface area (Å²) in [7, 11) is 0. The summed E-state index contributed by atoms with van der Waals surface area (Å²) in [4.78, 5) is 17.1. The molecular formula is C12H11NO2S. The molecule has 0 saturated heterocycles. The van der Waals surface area contributed by atoms with Crippen LogP contribution in [-0.4, -0.2) is 17.9 Å². The molecule has 0 unspecified atom stereocenters. The van der Waals surface area contributed by atoms with E-state index < -0.39 is 0 Å². The van der Waals surface area contributed by atoms with E-state index in [1.54, 1.807) is 24.8 Å². The monoisotopic (exact) mass is 233 g/mol. The fourth-order valence-electron chi connectivity index (χ4n) is 1.39. The van der Waals surface area contributed by atoms with Crippen LogP contribution in [-0.2, 0) is 9.63 Å². The summed E-state index contributed by atoms with van der Waals surface area (Å²) < 4.78 is 0. The van der Waals surface area contributed by atoms with Crippen molar-refractivity contribution in [2.75, 3.05) is 6.26 Å². The Balaban J connectivity index is 2.28. The van der Waals surface area contributed by atoms with Crippen LogP contribution < -0.4 is 0 Å². The van der Waals surface area contributed by atoms with Gasteiger partial charge in [-0.25, -0.2) is 4.79 Å². The van der Waals surface area contributed by atoms with Crippen LogP contribution in [0.1, 0.15) is 12.5 Å². The number of rotatable bonds is 2. The summed E-state index contributed by atoms with van der Waals surface area (Å²) >= 11 is 1.69. The van der Waals surface area contributed by atoms with Crippen LogP contribution in [0.5, 0.6) is 0 Å². The van der Waals surface area contributed by atoms with Gasteiger partial charge in [0.05, 0.1) is 11.3 Å². The first kappa shape index (κ1) is 11.0. The Hall–Kier alpha value is -1.55. The Morgan fingerprint density at radius 2 is 2.00 bits per heavy atom. The molecule has 0 amide bonds. The van der Waals surface area contributed by atoms with Crippen molar-refractivity contribution in [1.29, 1.82) is 0 Å². The molecule has 82 valence electrons. The molecule has 1 aliphatic rings. The molecule has 2 rings (SSSR count). The first-order valence-electron chi connectivity index (χ1n) is 4.83. The Bertz CT molecular complexity index is 474. The van der Waals surface area contributed by atoms with Crippen LogP contribution in [0.25, 0.3) is 6.08 Å². The summed E-state index contributed by atoms with van der Waals surface area (Å²) in [6, 6.07) is 7.98. The second-order valence-electron chi connectivity index (χ2n) is 3.39. The van der Waals surface area contributed by atoms with E-state index in [1.165, 1.54) is 4.90 Å². The number of hydrogen-bond acceptors (Lipinski definition) is 4. The van der Waals surface area contributed by atoms with Crippen LogP contribution in [0, 0.1) is 0 Å². The lowest BCUT2D eigenvalue weighted by atomic mass is 10.1. The zero-order valence-corrected chi connectivity index (χ0v) is 9.88. The highest BCUT2D eigenvalue weighted by atomic mass is 32.2. The molecule has 4 heteroatoms. The highest BCUT2D eigenvalue weighted by molar-refractivity contribution is 7.98. The molecule has 16 heavy (non-hydrogen) atoms. The Labute approximate surface area is 98.2 Å². The molecule has 0 aromatic heterocycles. The highest BCUT2D eigenvalue weighted by Crippen LogP contribution is 2.18. The summed E-state index contributed by atoms with van der Waals surface area (Å²) in [5.74, 6) is -0.383. The Kier molecular flexibility index (Phi) is 3.10. The number of carbonyl (C=O) groups is 1. The SMILES string of the molecule is CSc1ccc(/C=C2\C(=O)ON=C2C)cc1. The summed E-state index contributed by atoms with van der Waals surface area (Å²) in [5, 5.41) is 3.62. The summed E-state index contributed by atoms with van der Waals surface area (Å²) in [6.07, 6.45) is 3.82. The number of hydrogen-bond donors (Lipinski definition) is 0. The van der Waals surface area contributed by atoms with Crippen molar-refractivity contribution in [3.63, 3.8) is 0 Å². The Morgan fingerprint density at radius 3 is 2.50 bits per heavy atom. The molecular weight excluding hydrogens is 222 g/mol. The number of thioether (sulfide) groups is 1. The third-order valence-corrected chi connectivity index (χ3v) is 3.05. The predicted octanol–water partition coefficient (Wildman–Crippen LogP) is 2.72. The molecule has 0 atom stereocenters. The van der Waals surface area contributed by atoms with Crippen molar-refractivity contribution in [3.05, 3.63) is 35.4 Å². The van der Waals surface area contributed by atoms with Gasteiger partial charge in [-0.1, -0.05) is 17.3 Å². The predicted molar refractivity (Wildman–Crippen MR) is 65.4 cm³/mol. The van der Waals surface area contributed by atoms with Crippen molar-refractivity contribution in [2.45, 2.75) is 11.8 Å². The van der Waals surface area contributed by atoms with Crippen molar-refractivity contribution in [2.24, 2.45) is 5.16 Å². The molecule has 0 bridgehead atoms. The minimum absolute atomic E-state index is 0.383. The van der Waals surface area contributed by atoms with Gasteiger partial charge >= 0.3 is 5.97 Å². The van der Waals surface area contributed by atoms with Gasteiger partial charge in [-0.05, 0) is 37.0 Å². The minimum atomic E-state index is -0.383. The zero-order chi connectivity index (χ0) is 11.5. The number of carbonyl (C=O) groups excluding carboxylic acids is 1. The zero-order valence-electron chi connectivity index (χ0n) is 9.06. The van der Waals surface area contributed by atoms with Crippen molar-refractivity contribution >= 4 is 29.5 Å². The van der Waals surface area contributed by atoms with Gasteiger partial charge in [-0.2, -0.15) is 0 Å². The minimum Gasteiger partial charge on any atom is -0.312 e. The van der Waals surface area contributed by atoms with E-state index in [0.717, 1.165) is 5.56 Å². The van der Waals surface area contributed by atoms with Crippen molar-refractivity contribution in [1.82, 2.24) is 0 Å². The molecule has 1 heterocycles. The van der Waals surface area contributed by atoms with E-state index >= 15 is 0 Å². The van der Waals surface area contributed by atoms with Gasteiger partial charge < -0.3 is 4.84 Å². The average Bonchev–Trinajstić information content (AvgIpc) is 2.62. The standard InChI is InChI=1S/C12H11NO2S/c1-8-11(12(14)15-13-8)7-9-3-5-10(16-2)6-4-9/h3-7H,1-2H3/b11-7-. The summed E-state index contributed by atoms with van der Waals surface area (Å²) in [6.45, 7) is 1.76. The van der Waals surface area contributed by atoms with Crippen LogP contribution in [0.15, 0.2) is 39.9 Å². The maximum atomic E-state index is 11.3. The fraction of sp³-hybridized carbons (Fsp3) is 0.167. The molecule has 3 nitrogen and oxygen atoms in total. The number of benzene rings is 1. The van der Waals surface area contributed by atoms with E-state index in [4.69, 9.17) is 0 Å². The van der Waals surface area contributed by atoms with E-state index in [-0.39, 0.29) is 5.97 Å². The van der Waals surface area contributed by atoms with E-state index in [0.29, 0.717) is 11.3 Å². The van der Waals surface area contributed by atoms with Gasteiger partial charge in [0.1, 0.15) is 0 Å². The van der Waals surface area contributed by atoms with Crippen molar-refractivity contribution in [3.8, 4) is 0 Å². The molecule has 0 radical (unpaired) electrons. The first-order valence-corrected chi connectivity index (χ1v) is 6.05. The van der Waals surface area contributed by atoms with Crippen LogP contribution in [0.2, 0.25) is 0 Å². The second-order valence-corrected chi connectivity index (χ2v) is 4.27. The van der Waals surface area contributed by atoms with Crippen LogP contribution >= 0.6 is 11.8 Å². The second kappa shape index (κ2) is 4.53. The molecule has 1 aliphatic heterocycles. The molecule has 1 aromatic carbocycles. The lowest BCUT2D eigenvalue weighted by Crippen LogP contribution is -2.01. The fourth-order valence-corrected chi connectivity index (χ4v) is 1.79. The van der Waals surface area contributed by atoms with Crippen molar-refractivity contribution < 1.29 is 9.63 Å². The van der Waals surface area contributed by atoms with Gasteiger partial charge in [0.2, 0.25) is 0 Å². The lowest BCUT2D eigenvalue weighted by molar-refractivity contribution is -0.136. The molecule has 0 N–H and O–H groups in total. The maximum absolute atomic E-state index is 11.3. The van der Waals surface area contributed by atoms with Gasteiger partial charge in [0.25, 0.3) is 0 Å². The molecule has 0 aliphatic carbocycles. The van der Waals surface area contributed by atoms with Gasteiger partial charge in [0, 0.05) is 4.90 Å². The van der Waals surface area contributed by atoms with E-state index in [1.807, 2.05) is 30.5 Å². The maximum Gasteiger partial charge on any atom is 0.367 e. The van der Waals surface area contributed by atoms with E-state index in [2.05, 4.69) is 9.99 Å². The highest BCUT2D eigenvalue weighted by Gasteiger charge is 2.21. The number of oxime groups is 1. The molecule has 0 spiro atoms. The summed E-state index contributed by atoms with van der Waals surface area (Å²) in [5.41, 5.74) is 2.12. The largest absolute Gasteiger partial charge is 0.367 e. The van der Waals surface area contributed by atoms with Gasteiger partial charge in [0.15, 0.2) is 0 Å². The number of nitrogens with zero attached hydrogens (tertiary/aromatic N) is 1. The Morgan fingerprint density at radius 1 is 1.31 bits per heavy atom. The molecule has 0 fully saturated rings. The van der Waals surface area contributed by atoms with Crippen LogP contribution in [0.4, 0.5) is 0 Å². The third kappa shape index (κ3) is 2.17.